The second kappa shape index (κ2) is 7.72. The topological polar surface area (TPSA) is 73.8 Å². The summed E-state index contributed by atoms with van der Waals surface area (Å²) in [5, 5.41) is 4.62. The van der Waals surface area contributed by atoms with E-state index in [-0.39, 0.29) is 11.6 Å². The third-order valence-electron chi connectivity index (χ3n) is 4.77. The van der Waals surface area contributed by atoms with Crippen LogP contribution in [0.5, 0.6) is 0 Å². The first-order valence-electron chi connectivity index (χ1n) is 9.56. The molecule has 0 radical (unpaired) electrons. The van der Waals surface area contributed by atoms with Crippen molar-refractivity contribution in [2.24, 2.45) is 0 Å². The quantitative estimate of drug-likeness (QED) is 0.550. The van der Waals surface area contributed by atoms with Gasteiger partial charge in [-0.3, -0.25) is 4.79 Å². The summed E-state index contributed by atoms with van der Waals surface area (Å²) in [6.45, 7) is 3.87. The Morgan fingerprint density at radius 2 is 1.45 bits per heavy atom. The minimum Gasteiger partial charge on any atom is -0.383 e. The predicted molar refractivity (Wildman–Crippen MR) is 117 cm³/mol. The first kappa shape index (κ1) is 18.6. The van der Waals surface area contributed by atoms with Crippen LogP contribution in [-0.2, 0) is 0 Å². The second-order valence-electron chi connectivity index (χ2n) is 7.14. The number of aromatic nitrogens is 3. The average molecular weight is 382 g/mol. The van der Waals surface area contributed by atoms with Gasteiger partial charge in [0.1, 0.15) is 5.82 Å². The van der Waals surface area contributed by atoms with Gasteiger partial charge in [0.05, 0.1) is 17.4 Å². The molecule has 4 rings (SSSR count). The lowest BCUT2D eigenvalue weighted by molar-refractivity contribution is 0.505. The summed E-state index contributed by atoms with van der Waals surface area (Å²) >= 11 is 0. The number of anilines is 1. The molecule has 0 bridgehead atoms. The van der Waals surface area contributed by atoms with Gasteiger partial charge in [0.15, 0.2) is 0 Å². The maximum atomic E-state index is 12.2. The van der Waals surface area contributed by atoms with Gasteiger partial charge in [-0.1, -0.05) is 60.7 Å². The molecule has 0 atom stereocenters. The Hall–Kier alpha value is -3.73. The van der Waals surface area contributed by atoms with Crippen LogP contribution in [0.1, 0.15) is 19.9 Å². The van der Waals surface area contributed by atoms with E-state index in [1.807, 2.05) is 80.6 Å². The van der Waals surface area contributed by atoms with Gasteiger partial charge >= 0.3 is 0 Å². The van der Waals surface area contributed by atoms with Crippen molar-refractivity contribution in [2.75, 3.05) is 5.73 Å². The summed E-state index contributed by atoms with van der Waals surface area (Å²) in [4.78, 5) is 16.9. The van der Waals surface area contributed by atoms with Crippen molar-refractivity contribution in [1.82, 2.24) is 14.8 Å². The van der Waals surface area contributed by atoms with E-state index in [2.05, 4.69) is 5.10 Å². The monoisotopic (exact) mass is 382 g/mol. The average Bonchev–Trinajstić information content (AvgIpc) is 2.75. The molecule has 0 saturated heterocycles. The lowest BCUT2D eigenvalue weighted by Gasteiger charge is -2.15. The Morgan fingerprint density at radius 1 is 0.828 bits per heavy atom. The highest BCUT2D eigenvalue weighted by Crippen LogP contribution is 2.36. The van der Waals surface area contributed by atoms with Crippen molar-refractivity contribution in [1.29, 1.82) is 0 Å². The minimum absolute atomic E-state index is 0.0436. The predicted octanol–water partition coefficient (Wildman–Crippen LogP) is 4.80. The molecule has 2 aromatic carbocycles. The highest BCUT2D eigenvalue weighted by atomic mass is 16.1. The first-order chi connectivity index (χ1) is 14.0. The molecular weight excluding hydrogens is 360 g/mol. The van der Waals surface area contributed by atoms with Crippen molar-refractivity contribution >= 4 is 5.82 Å². The third-order valence-corrected chi connectivity index (χ3v) is 4.77. The van der Waals surface area contributed by atoms with Crippen LogP contribution in [0.2, 0.25) is 0 Å². The number of rotatable bonds is 4. The third kappa shape index (κ3) is 3.67. The zero-order valence-electron chi connectivity index (χ0n) is 16.4. The number of benzene rings is 2. The summed E-state index contributed by atoms with van der Waals surface area (Å²) in [5.41, 5.74) is 11.2. The molecule has 0 unspecified atom stereocenters. The molecule has 5 heteroatoms. The number of hydrogen-bond acceptors (Lipinski definition) is 4. The number of hydrogen-bond donors (Lipinski definition) is 1. The molecule has 4 aromatic rings. The smallest absolute Gasteiger partial charge is 0.267 e. The van der Waals surface area contributed by atoms with Crippen molar-refractivity contribution in [3.8, 4) is 33.6 Å². The van der Waals surface area contributed by atoms with E-state index in [0.717, 1.165) is 27.9 Å². The van der Waals surface area contributed by atoms with Crippen molar-refractivity contribution in [2.45, 2.75) is 19.9 Å². The molecule has 0 amide bonds. The van der Waals surface area contributed by atoms with E-state index < -0.39 is 0 Å². The maximum absolute atomic E-state index is 12.2. The summed E-state index contributed by atoms with van der Waals surface area (Å²) < 4.78 is 1.49. The zero-order valence-corrected chi connectivity index (χ0v) is 16.4. The van der Waals surface area contributed by atoms with Crippen LogP contribution in [0.3, 0.4) is 0 Å². The fourth-order valence-corrected chi connectivity index (χ4v) is 3.33. The highest BCUT2D eigenvalue weighted by molar-refractivity contribution is 5.87. The van der Waals surface area contributed by atoms with E-state index >= 15 is 0 Å². The Kier molecular flexibility index (Phi) is 4.96. The van der Waals surface area contributed by atoms with Crippen molar-refractivity contribution < 1.29 is 0 Å². The van der Waals surface area contributed by atoms with Gasteiger partial charge in [-0.2, -0.15) is 5.10 Å². The first-order valence-corrected chi connectivity index (χ1v) is 9.56. The molecule has 0 aliphatic heterocycles. The Balaban J connectivity index is 2.00. The van der Waals surface area contributed by atoms with Gasteiger partial charge in [-0.05, 0) is 31.5 Å². The molecule has 0 saturated carbocycles. The van der Waals surface area contributed by atoms with E-state index in [9.17, 15) is 4.79 Å². The molecule has 2 heterocycles. The second-order valence-corrected chi connectivity index (χ2v) is 7.14. The minimum atomic E-state index is -0.128. The molecule has 2 aromatic heterocycles. The molecule has 2 N–H and O–H groups in total. The largest absolute Gasteiger partial charge is 0.383 e. The lowest BCUT2D eigenvalue weighted by Crippen LogP contribution is -2.24. The Labute approximate surface area is 169 Å². The van der Waals surface area contributed by atoms with Gasteiger partial charge in [-0.25, -0.2) is 9.67 Å². The number of pyridine rings is 1. The van der Waals surface area contributed by atoms with Crippen molar-refractivity contribution in [3.05, 3.63) is 89.2 Å². The van der Waals surface area contributed by atoms with Crippen molar-refractivity contribution in [3.63, 3.8) is 0 Å². The summed E-state index contributed by atoms with van der Waals surface area (Å²) in [7, 11) is 0. The van der Waals surface area contributed by atoms with Crippen LogP contribution in [-0.4, -0.2) is 14.8 Å². The van der Waals surface area contributed by atoms with Gasteiger partial charge in [0.2, 0.25) is 0 Å². The van der Waals surface area contributed by atoms with E-state index in [0.29, 0.717) is 11.5 Å². The molecular formula is C24H22N4O. The fourth-order valence-electron chi connectivity index (χ4n) is 3.33. The van der Waals surface area contributed by atoms with Crippen LogP contribution in [0.4, 0.5) is 5.82 Å². The Bertz CT molecular complexity index is 1200. The van der Waals surface area contributed by atoms with Crippen LogP contribution >= 0.6 is 0 Å². The van der Waals surface area contributed by atoms with Gasteiger partial charge in [-0.15, -0.1) is 0 Å². The maximum Gasteiger partial charge on any atom is 0.267 e. The van der Waals surface area contributed by atoms with E-state index in [1.54, 1.807) is 12.1 Å². The number of nitrogens with zero attached hydrogens (tertiary/aromatic N) is 3. The number of nitrogens with two attached hydrogens (primary N) is 1. The van der Waals surface area contributed by atoms with Gasteiger partial charge in [0, 0.05) is 22.8 Å². The van der Waals surface area contributed by atoms with Gasteiger partial charge in [0.25, 0.3) is 5.56 Å². The fraction of sp³-hybridized carbons (Fsp3) is 0.125. The molecule has 0 spiro atoms. The number of nitrogen functional groups attached to an aromatic ring is 1. The standard InChI is InChI=1S/C24H22N4O/c1-16(2)28-22(29)14-13-21(27-28)20-15-19(17-9-5-3-6-10-17)24(25)26-23(20)18-11-7-4-8-12-18/h3-16H,1-2H3,(H2,25,26). The summed E-state index contributed by atoms with van der Waals surface area (Å²) in [6, 6.07) is 25.0. The van der Waals surface area contributed by atoms with Crippen LogP contribution in [0.15, 0.2) is 83.7 Å². The van der Waals surface area contributed by atoms with Crippen LogP contribution in [0, 0.1) is 0 Å². The molecule has 0 aliphatic carbocycles. The van der Waals surface area contributed by atoms with E-state index in [1.165, 1.54) is 4.68 Å². The molecule has 0 aliphatic rings. The van der Waals surface area contributed by atoms with Crippen LogP contribution < -0.4 is 11.3 Å². The molecule has 144 valence electrons. The Morgan fingerprint density at radius 3 is 2.07 bits per heavy atom. The summed E-state index contributed by atoms with van der Waals surface area (Å²) in [5.74, 6) is 0.455. The molecule has 5 nitrogen and oxygen atoms in total. The van der Waals surface area contributed by atoms with Gasteiger partial charge < -0.3 is 5.73 Å². The molecule has 29 heavy (non-hydrogen) atoms. The molecule has 0 fully saturated rings. The lowest BCUT2D eigenvalue weighted by atomic mass is 9.98. The highest BCUT2D eigenvalue weighted by Gasteiger charge is 2.17. The summed E-state index contributed by atoms with van der Waals surface area (Å²) in [6.07, 6.45) is 0. The zero-order chi connectivity index (χ0) is 20.4. The SMILES string of the molecule is CC(C)n1nc(-c2cc(-c3ccccc3)c(N)nc2-c2ccccc2)ccc1=O. The van der Waals surface area contributed by atoms with Crippen LogP contribution in [0.25, 0.3) is 33.6 Å². The normalized spacial score (nSPS) is 11.0. The van der Waals surface area contributed by atoms with E-state index in [4.69, 9.17) is 10.7 Å².